The molecule has 0 saturated carbocycles. The van der Waals surface area contributed by atoms with E-state index in [-0.39, 0.29) is 5.69 Å². The number of fused-ring (bicyclic) bond motifs is 1. The summed E-state index contributed by atoms with van der Waals surface area (Å²) >= 11 is 0. The first kappa shape index (κ1) is 16.2. The Morgan fingerprint density at radius 2 is 2.08 bits per heavy atom. The number of hydrogen-bond acceptors (Lipinski definition) is 5. The highest BCUT2D eigenvalue weighted by atomic mass is 19.1. The van der Waals surface area contributed by atoms with Crippen molar-refractivity contribution in [1.82, 2.24) is 24.6 Å². The summed E-state index contributed by atoms with van der Waals surface area (Å²) in [5, 5.41) is 7.55. The Morgan fingerprint density at radius 3 is 2.85 bits per heavy atom. The second-order valence-corrected chi connectivity index (χ2v) is 5.77. The van der Waals surface area contributed by atoms with Gasteiger partial charge >= 0.3 is 0 Å². The van der Waals surface area contributed by atoms with Crippen LogP contribution in [-0.2, 0) is 6.32 Å². The van der Waals surface area contributed by atoms with Crippen LogP contribution in [0, 0.1) is 12.7 Å². The van der Waals surface area contributed by atoms with Gasteiger partial charge in [-0.15, -0.1) is 5.10 Å². The second kappa shape index (κ2) is 6.55. The minimum atomic E-state index is -0.472. The maximum atomic E-state index is 14.0. The van der Waals surface area contributed by atoms with E-state index in [0.29, 0.717) is 29.2 Å². The fourth-order valence-corrected chi connectivity index (χ4v) is 2.72. The van der Waals surface area contributed by atoms with Crippen LogP contribution >= 0.6 is 0 Å². The Labute approximate surface area is 150 Å². The summed E-state index contributed by atoms with van der Waals surface area (Å²) in [5.41, 5.74) is 3.31. The highest BCUT2D eigenvalue weighted by Crippen LogP contribution is 2.27. The van der Waals surface area contributed by atoms with Gasteiger partial charge in [-0.1, -0.05) is 12.4 Å². The number of pyridine rings is 2. The maximum Gasteiger partial charge on any atom is 0.200 e. The largest absolute Gasteiger partial charge is 0.336 e. The summed E-state index contributed by atoms with van der Waals surface area (Å²) in [6, 6.07) is 9.03. The molecule has 6 nitrogen and oxygen atoms in total. The molecule has 4 heterocycles. The van der Waals surface area contributed by atoms with Crippen LogP contribution in [0.2, 0.25) is 0 Å². The molecule has 0 aliphatic rings. The van der Waals surface area contributed by atoms with E-state index in [1.165, 1.54) is 6.20 Å². The molecule has 0 aliphatic carbocycles. The third kappa shape index (κ3) is 2.90. The molecule has 0 atom stereocenters. The van der Waals surface area contributed by atoms with E-state index in [0.717, 1.165) is 17.5 Å². The first-order chi connectivity index (χ1) is 12.7. The molecule has 126 valence electrons. The molecule has 0 amide bonds. The summed E-state index contributed by atoms with van der Waals surface area (Å²) in [5.74, 6) is 0.409. The van der Waals surface area contributed by atoms with Gasteiger partial charge in [0.05, 0.1) is 19.7 Å². The van der Waals surface area contributed by atoms with Crippen LogP contribution in [0.4, 0.5) is 15.9 Å². The van der Waals surface area contributed by atoms with Gasteiger partial charge in [0.25, 0.3) is 0 Å². The Kier molecular flexibility index (Phi) is 4.08. The van der Waals surface area contributed by atoms with Gasteiger partial charge in [0.15, 0.2) is 11.6 Å². The fraction of sp³-hybridized carbons (Fsp3) is 0.111. The van der Waals surface area contributed by atoms with Crippen molar-refractivity contribution < 1.29 is 4.39 Å². The Morgan fingerprint density at radius 1 is 1.19 bits per heavy atom. The first-order valence-corrected chi connectivity index (χ1v) is 8.04. The van der Waals surface area contributed by atoms with Crippen molar-refractivity contribution in [1.29, 1.82) is 0 Å². The van der Waals surface area contributed by atoms with Gasteiger partial charge in [-0.3, -0.25) is 4.98 Å². The molecule has 0 aromatic carbocycles. The number of halogens is 1. The molecule has 26 heavy (non-hydrogen) atoms. The first-order valence-electron chi connectivity index (χ1n) is 8.04. The van der Waals surface area contributed by atoms with Crippen LogP contribution in [0.1, 0.15) is 11.3 Å². The predicted molar refractivity (Wildman–Crippen MR) is 97.9 cm³/mol. The van der Waals surface area contributed by atoms with Crippen LogP contribution in [0.3, 0.4) is 0 Å². The molecule has 0 unspecified atom stereocenters. The van der Waals surface area contributed by atoms with Crippen LogP contribution in [0.25, 0.3) is 17.0 Å². The smallest absolute Gasteiger partial charge is 0.200 e. The normalized spacial score (nSPS) is 11.0. The van der Waals surface area contributed by atoms with Crippen LogP contribution in [0.5, 0.6) is 0 Å². The van der Waals surface area contributed by atoms with Gasteiger partial charge in [-0.25, -0.2) is 18.9 Å². The van der Waals surface area contributed by atoms with E-state index in [9.17, 15) is 4.39 Å². The number of aromatic nitrogens is 5. The minimum absolute atomic E-state index is 0.271. The predicted octanol–water partition coefficient (Wildman–Crippen LogP) is 3.05. The molecule has 4 aromatic heterocycles. The summed E-state index contributed by atoms with van der Waals surface area (Å²) in [6.07, 6.45) is 4.77. The standard InChI is InChI=1S/C18H14BFN6/c1-11-3-2-4-15(22-11)17-24-18(23-14-5-7-21-10-13(14)20)16-12(9-19)6-8-26(16)25-17/h2-8,10H,9H2,1H3,(H,21,23,24,25). The average molecular weight is 344 g/mol. The number of anilines is 2. The van der Waals surface area contributed by atoms with E-state index in [4.69, 9.17) is 7.85 Å². The summed E-state index contributed by atoms with van der Waals surface area (Å²) in [4.78, 5) is 12.8. The van der Waals surface area contributed by atoms with E-state index in [2.05, 4.69) is 25.4 Å². The lowest BCUT2D eigenvalue weighted by Crippen LogP contribution is -2.06. The fourth-order valence-electron chi connectivity index (χ4n) is 2.72. The topological polar surface area (TPSA) is 68.0 Å². The molecule has 0 saturated heterocycles. The Bertz CT molecular complexity index is 1090. The van der Waals surface area contributed by atoms with Crippen LogP contribution in [-0.4, -0.2) is 32.4 Å². The summed E-state index contributed by atoms with van der Waals surface area (Å²) in [7, 11) is 5.83. The molecule has 0 aliphatic heterocycles. The molecular weight excluding hydrogens is 330 g/mol. The minimum Gasteiger partial charge on any atom is -0.336 e. The van der Waals surface area contributed by atoms with Crippen LogP contribution in [0.15, 0.2) is 48.9 Å². The van der Waals surface area contributed by atoms with Crippen molar-refractivity contribution in [3.05, 3.63) is 66.0 Å². The second-order valence-electron chi connectivity index (χ2n) is 5.77. The van der Waals surface area contributed by atoms with E-state index in [1.54, 1.807) is 16.8 Å². The van der Waals surface area contributed by atoms with Gasteiger partial charge in [0.2, 0.25) is 5.82 Å². The molecule has 8 heteroatoms. The zero-order valence-electron chi connectivity index (χ0n) is 14.0. The molecule has 0 fully saturated rings. The van der Waals surface area contributed by atoms with Crippen molar-refractivity contribution in [3.8, 4) is 11.5 Å². The highest BCUT2D eigenvalue weighted by Gasteiger charge is 2.15. The molecule has 0 spiro atoms. The average Bonchev–Trinajstić information content (AvgIpc) is 3.07. The van der Waals surface area contributed by atoms with E-state index in [1.807, 2.05) is 31.2 Å². The Balaban J connectivity index is 1.91. The third-order valence-corrected chi connectivity index (χ3v) is 3.96. The number of rotatable bonds is 4. The SMILES string of the molecule is [B]Cc1ccn2nc(-c3cccc(C)n3)nc(Nc3ccncc3F)c12. The summed E-state index contributed by atoms with van der Waals surface area (Å²) in [6.45, 7) is 1.90. The molecule has 4 aromatic rings. The van der Waals surface area contributed by atoms with E-state index >= 15 is 0 Å². The third-order valence-electron chi connectivity index (χ3n) is 3.96. The van der Waals surface area contributed by atoms with Crippen molar-refractivity contribution >= 4 is 24.9 Å². The molecule has 2 radical (unpaired) electrons. The number of hydrogen-bond donors (Lipinski definition) is 1. The number of aryl methyl sites for hydroxylation is 1. The number of nitrogens with one attached hydrogen (secondary N) is 1. The molecule has 0 bridgehead atoms. The van der Waals surface area contributed by atoms with E-state index < -0.39 is 5.82 Å². The highest BCUT2D eigenvalue weighted by molar-refractivity contribution is 6.09. The van der Waals surface area contributed by atoms with Crippen molar-refractivity contribution in [2.24, 2.45) is 0 Å². The van der Waals surface area contributed by atoms with Crippen molar-refractivity contribution in [3.63, 3.8) is 0 Å². The van der Waals surface area contributed by atoms with Crippen LogP contribution < -0.4 is 5.32 Å². The quantitative estimate of drug-likeness (QED) is 0.577. The Hall–Kier alpha value is -3.29. The molecule has 1 N–H and O–H groups in total. The number of nitrogens with zero attached hydrogens (tertiary/aromatic N) is 5. The maximum absolute atomic E-state index is 14.0. The van der Waals surface area contributed by atoms with Gasteiger partial charge in [0, 0.05) is 18.1 Å². The van der Waals surface area contributed by atoms with Gasteiger partial charge in [-0.05, 0) is 36.8 Å². The monoisotopic (exact) mass is 344 g/mol. The van der Waals surface area contributed by atoms with Crippen molar-refractivity contribution in [2.45, 2.75) is 13.2 Å². The lowest BCUT2D eigenvalue weighted by atomic mass is 9.98. The molecular formula is C18H14BFN6. The molecule has 4 rings (SSSR count). The lowest BCUT2D eigenvalue weighted by Gasteiger charge is -2.11. The zero-order valence-corrected chi connectivity index (χ0v) is 14.0. The van der Waals surface area contributed by atoms with Gasteiger partial charge in [0.1, 0.15) is 11.2 Å². The zero-order chi connectivity index (χ0) is 18.1. The van der Waals surface area contributed by atoms with Crippen molar-refractivity contribution in [2.75, 3.05) is 5.32 Å². The summed E-state index contributed by atoms with van der Waals surface area (Å²) < 4.78 is 15.7. The van der Waals surface area contributed by atoms with Gasteiger partial charge < -0.3 is 5.32 Å². The lowest BCUT2D eigenvalue weighted by molar-refractivity contribution is 0.625. The van der Waals surface area contributed by atoms with Gasteiger partial charge in [-0.2, -0.15) is 0 Å².